The van der Waals surface area contributed by atoms with Crippen molar-refractivity contribution in [2.24, 2.45) is 0 Å². The van der Waals surface area contributed by atoms with Gasteiger partial charge in [-0.1, -0.05) is 28.1 Å². The fourth-order valence-corrected chi connectivity index (χ4v) is 4.46. The number of nitro benzene ring substituents is 1. The molecule has 0 unspecified atom stereocenters. The lowest BCUT2D eigenvalue weighted by molar-refractivity contribution is -0.384. The fourth-order valence-electron chi connectivity index (χ4n) is 4.04. The quantitative estimate of drug-likeness (QED) is 0.0359. The maximum atomic E-state index is 15.1. The second kappa shape index (κ2) is 14.1. The third kappa shape index (κ3) is 7.37. The Morgan fingerprint density at radius 1 is 1.11 bits per heavy atom. The van der Waals surface area contributed by atoms with E-state index in [1.807, 2.05) is 0 Å². The van der Waals surface area contributed by atoms with Gasteiger partial charge in [0, 0.05) is 41.5 Å². The van der Waals surface area contributed by atoms with E-state index >= 15 is 4.39 Å². The van der Waals surface area contributed by atoms with Crippen LogP contribution in [0, 0.1) is 27.2 Å². The van der Waals surface area contributed by atoms with Crippen LogP contribution in [0.25, 0.3) is 0 Å². The maximum absolute atomic E-state index is 15.1. The van der Waals surface area contributed by atoms with Gasteiger partial charge in [0.25, 0.3) is 11.6 Å². The molecule has 0 aliphatic heterocycles. The number of non-ortho nitro benzene ring substituents is 1. The molecule has 0 bridgehead atoms. The summed E-state index contributed by atoms with van der Waals surface area (Å²) in [6.45, 7) is -1.09. The zero-order valence-corrected chi connectivity index (χ0v) is 24.5. The van der Waals surface area contributed by atoms with Crippen molar-refractivity contribution in [1.29, 1.82) is 5.41 Å². The van der Waals surface area contributed by atoms with E-state index < -0.39 is 57.7 Å². The second-order valence-electron chi connectivity index (χ2n) is 8.92. The fraction of sp³-hybridized carbons (Fsp3) is 0.179. The molecule has 0 atom stereocenters. The van der Waals surface area contributed by atoms with Crippen LogP contribution in [0.3, 0.4) is 0 Å². The number of hydrogen-bond donors (Lipinski definition) is 2. The number of carbonyl (C=O) groups excluding carboxylic acids is 2. The molecule has 0 fully saturated rings. The highest BCUT2D eigenvalue weighted by atomic mass is 79.9. The summed E-state index contributed by atoms with van der Waals surface area (Å²) in [6.07, 6.45) is -5.06. The first kappa shape index (κ1) is 33.6. The summed E-state index contributed by atoms with van der Waals surface area (Å²) in [4.78, 5) is 37.6. The molecule has 2 amide bonds. The lowest BCUT2D eigenvalue weighted by atomic mass is 10.0. The molecule has 0 aromatic heterocycles. The van der Waals surface area contributed by atoms with Gasteiger partial charge in [0.1, 0.15) is 17.2 Å². The number of halogens is 6. The third-order valence-corrected chi connectivity index (χ3v) is 6.82. The van der Waals surface area contributed by atoms with E-state index in [4.69, 9.17) is 10.1 Å². The van der Waals surface area contributed by atoms with Crippen molar-refractivity contribution in [3.8, 4) is 5.75 Å². The molecule has 10 nitrogen and oxygen atoms in total. The topological polar surface area (TPSA) is 129 Å². The number of rotatable bonds is 11. The standard InChI is InChI=1S/C28H23BrF5N5O5/c1-37(22-7-4-8-23(44-2)25(22)31)27(41)24(21(13-29)36-16-9-11-17(12-10-16)39(42)43)26(35)38(15-40)14-18-19(28(32,33)34)5-3-6-20(18)30/h3-12,15,35-36H,13-14H2,1-2H3/b24-21+,35-26?. The molecular weight excluding hydrogens is 661 g/mol. The van der Waals surface area contributed by atoms with Crippen LogP contribution in [0.1, 0.15) is 11.1 Å². The molecule has 3 aromatic carbocycles. The zero-order chi connectivity index (χ0) is 32.8. The molecule has 3 aromatic rings. The van der Waals surface area contributed by atoms with Crippen molar-refractivity contribution in [3.63, 3.8) is 0 Å². The molecule has 0 saturated heterocycles. The molecule has 16 heteroatoms. The molecule has 232 valence electrons. The Morgan fingerprint density at radius 3 is 2.30 bits per heavy atom. The van der Waals surface area contributed by atoms with Crippen molar-refractivity contribution in [2.75, 3.05) is 29.7 Å². The Balaban J connectivity index is 2.17. The maximum Gasteiger partial charge on any atom is 0.416 e. The van der Waals surface area contributed by atoms with Crippen molar-refractivity contribution < 1.29 is 41.2 Å². The molecule has 0 aliphatic carbocycles. The molecule has 0 saturated carbocycles. The minimum absolute atomic E-state index is 0.0495. The second-order valence-corrected chi connectivity index (χ2v) is 9.48. The molecular formula is C28H23BrF5N5O5. The van der Waals surface area contributed by atoms with Crippen LogP contribution < -0.4 is 15.0 Å². The molecule has 0 radical (unpaired) electrons. The number of nitrogens with zero attached hydrogens (tertiary/aromatic N) is 3. The molecule has 0 spiro atoms. The minimum atomic E-state index is -5.01. The number of amidine groups is 1. The minimum Gasteiger partial charge on any atom is -0.494 e. The Kier molecular flexibility index (Phi) is 10.8. The first-order valence-electron chi connectivity index (χ1n) is 12.3. The van der Waals surface area contributed by atoms with Crippen LogP contribution >= 0.6 is 15.9 Å². The average Bonchev–Trinajstić information content (AvgIpc) is 2.99. The van der Waals surface area contributed by atoms with E-state index in [9.17, 15) is 37.3 Å². The smallest absolute Gasteiger partial charge is 0.416 e. The summed E-state index contributed by atoms with van der Waals surface area (Å²) >= 11 is 3.17. The number of nitrogens with one attached hydrogen (secondary N) is 2. The van der Waals surface area contributed by atoms with Crippen molar-refractivity contribution >= 4 is 51.1 Å². The van der Waals surface area contributed by atoms with Crippen LogP contribution in [0.4, 0.5) is 39.0 Å². The van der Waals surface area contributed by atoms with E-state index in [1.165, 1.54) is 37.4 Å². The number of allylic oxidation sites excluding steroid dienone is 1. The van der Waals surface area contributed by atoms with Crippen LogP contribution in [0.2, 0.25) is 0 Å². The number of amides is 2. The van der Waals surface area contributed by atoms with E-state index in [2.05, 4.69) is 21.2 Å². The SMILES string of the molecule is COc1cccc(N(C)C(=O)/C(C(=N)N(C=O)Cc2c(F)cccc2C(F)(F)F)=C(\CBr)Nc2ccc([N+](=O)[O-])cc2)c1F. The van der Waals surface area contributed by atoms with Crippen LogP contribution in [0.15, 0.2) is 71.9 Å². The number of likely N-dealkylation sites (N-methyl/N-ethyl adjacent to an activating group) is 1. The van der Waals surface area contributed by atoms with Gasteiger partial charge in [0.05, 0.1) is 29.8 Å². The number of carbonyl (C=O) groups is 2. The van der Waals surface area contributed by atoms with Gasteiger partial charge in [0.15, 0.2) is 11.6 Å². The number of anilines is 2. The third-order valence-electron chi connectivity index (χ3n) is 6.26. The summed E-state index contributed by atoms with van der Waals surface area (Å²) in [6, 6.07) is 10.9. The highest BCUT2D eigenvalue weighted by Gasteiger charge is 2.36. The van der Waals surface area contributed by atoms with Gasteiger partial charge in [0.2, 0.25) is 6.41 Å². The molecule has 2 N–H and O–H groups in total. The van der Waals surface area contributed by atoms with Gasteiger partial charge >= 0.3 is 6.18 Å². The van der Waals surface area contributed by atoms with Gasteiger partial charge in [-0.05, 0) is 36.4 Å². The monoisotopic (exact) mass is 683 g/mol. The lowest BCUT2D eigenvalue weighted by Crippen LogP contribution is -2.40. The van der Waals surface area contributed by atoms with Crippen molar-refractivity contribution in [1.82, 2.24) is 4.90 Å². The highest BCUT2D eigenvalue weighted by Crippen LogP contribution is 2.34. The summed E-state index contributed by atoms with van der Waals surface area (Å²) in [5, 5.41) is 22.4. The summed E-state index contributed by atoms with van der Waals surface area (Å²) in [7, 11) is 2.34. The van der Waals surface area contributed by atoms with Crippen molar-refractivity contribution in [3.05, 3.63) is 105 Å². The Morgan fingerprint density at radius 2 is 1.75 bits per heavy atom. The van der Waals surface area contributed by atoms with Crippen LogP contribution in [-0.4, -0.2) is 47.5 Å². The molecule has 44 heavy (non-hydrogen) atoms. The summed E-state index contributed by atoms with van der Waals surface area (Å²) in [5.41, 5.74) is -3.49. The first-order valence-corrected chi connectivity index (χ1v) is 13.4. The largest absolute Gasteiger partial charge is 0.494 e. The van der Waals surface area contributed by atoms with Crippen molar-refractivity contribution in [2.45, 2.75) is 12.7 Å². The number of nitro groups is 1. The molecule has 0 heterocycles. The van der Waals surface area contributed by atoms with E-state index in [-0.39, 0.29) is 40.2 Å². The van der Waals surface area contributed by atoms with Gasteiger partial charge in [-0.15, -0.1) is 0 Å². The number of methoxy groups -OCH3 is 1. The van der Waals surface area contributed by atoms with E-state index in [0.717, 1.165) is 36.2 Å². The number of hydrogen-bond acceptors (Lipinski definition) is 7. The molecule has 0 aliphatic rings. The van der Waals surface area contributed by atoms with Gasteiger partial charge in [-0.2, -0.15) is 13.2 Å². The summed E-state index contributed by atoms with van der Waals surface area (Å²) < 4.78 is 75.7. The van der Waals surface area contributed by atoms with Crippen LogP contribution in [-0.2, 0) is 22.3 Å². The number of benzene rings is 3. The number of alkyl halides is 4. The van der Waals surface area contributed by atoms with Gasteiger partial charge in [-0.3, -0.25) is 30.0 Å². The Bertz CT molecular complexity index is 1620. The Hall–Kier alpha value is -4.86. The van der Waals surface area contributed by atoms with Gasteiger partial charge < -0.3 is 15.0 Å². The zero-order valence-electron chi connectivity index (χ0n) is 22.9. The predicted octanol–water partition coefficient (Wildman–Crippen LogP) is 6.26. The normalized spacial score (nSPS) is 11.7. The summed E-state index contributed by atoms with van der Waals surface area (Å²) in [5.74, 6) is -4.53. The van der Waals surface area contributed by atoms with Gasteiger partial charge in [-0.25, -0.2) is 8.78 Å². The first-order chi connectivity index (χ1) is 20.7. The average molecular weight is 684 g/mol. The lowest BCUT2D eigenvalue weighted by Gasteiger charge is -2.27. The van der Waals surface area contributed by atoms with E-state index in [0.29, 0.717) is 11.0 Å². The number of ether oxygens (including phenoxy) is 1. The predicted molar refractivity (Wildman–Crippen MR) is 155 cm³/mol. The Labute approximate surface area is 255 Å². The molecule has 3 rings (SSSR count). The highest BCUT2D eigenvalue weighted by molar-refractivity contribution is 9.09. The van der Waals surface area contributed by atoms with E-state index in [1.54, 1.807) is 0 Å². The van der Waals surface area contributed by atoms with Crippen LogP contribution in [0.5, 0.6) is 5.75 Å².